The first kappa shape index (κ1) is 17.4. The highest BCUT2D eigenvalue weighted by molar-refractivity contribution is 5.64. The molecule has 0 fully saturated rings. The molecular weight excluding hydrogens is 346 g/mol. The van der Waals surface area contributed by atoms with Gasteiger partial charge in [0.2, 0.25) is 0 Å². The maximum absolute atomic E-state index is 13.6. The van der Waals surface area contributed by atoms with Gasteiger partial charge in [0.25, 0.3) is 0 Å². The van der Waals surface area contributed by atoms with Gasteiger partial charge in [0.05, 0.1) is 6.54 Å². The number of hydrogen-bond donors (Lipinski definition) is 2. The van der Waals surface area contributed by atoms with Crippen LogP contribution in [-0.4, -0.2) is 16.4 Å². The summed E-state index contributed by atoms with van der Waals surface area (Å²) in [6.45, 7) is -0.0827. The Morgan fingerprint density at radius 3 is 2.69 bits per heavy atom. The molecule has 26 heavy (non-hydrogen) atoms. The van der Waals surface area contributed by atoms with Gasteiger partial charge in [-0.05, 0) is 30.3 Å². The Kier molecular flexibility index (Phi) is 5.12. The Morgan fingerprint density at radius 2 is 1.96 bits per heavy atom. The van der Waals surface area contributed by atoms with E-state index in [0.717, 1.165) is 11.6 Å². The number of amides is 1. The Hall–Kier alpha value is -3.42. The van der Waals surface area contributed by atoms with Crippen molar-refractivity contribution in [3.63, 3.8) is 0 Å². The quantitative estimate of drug-likeness (QED) is 0.695. The lowest BCUT2D eigenvalue weighted by Gasteiger charge is -2.08. The Bertz CT molecular complexity index is 910. The first-order chi connectivity index (χ1) is 12.5. The van der Waals surface area contributed by atoms with E-state index >= 15 is 0 Å². The second-order valence-electron chi connectivity index (χ2n) is 5.36. The van der Waals surface area contributed by atoms with Crippen molar-refractivity contribution >= 4 is 6.09 Å². The van der Waals surface area contributed by atoms with Crippen molar-refractivity contribution in [1.29, 1.82) is 0 Å². The zero-order valence-corrected chi connectivity index (χ0v) is 13.4. The smallest absolute Gasteiger partial charge is 0.405 e. The molecule has 0 spiro atoms. The molecule has 6 nitrogen and oxygen atoms in total. The minimum atomic E-state index is -1.15. The molecule has 0 bridgehead atoms. The Balaban J connectivity index is 1.63. The lowest BCUT2D eigenvalue weighted by Crippen LogP contribution is -2.19. The van der Waals surface area contributed by atoms with Crippen molar-refractivity contribution in [3.8, 4) is 17.0 Å². The van der Waals surface area contributed by atoms with Crippen molar-refractivity contribution in [1.82, 2.24) is 10.5 Å². The summed E-state index contributed by atoms with van der Waals surface area (Å²) < 4.78 is 37.3. The van der Waals surface area contributed by atoms with Crippen LogP contribution < -0.4 is 10.1 Å². The maximum Gasteiger partial charge on any atom is 0.405 e. The second-order valence-corrected chi connectivity index (χ2v) is 5.36. The first-order valence-electron chi connectivity index (χ1n) is 7.61. The highest BCUT2D eigenvalue weighted by Crippen LogP contribution is 2.23. The van der Waals surface area contributed by atoms with E-state index in [1.54, 1.807) is 30.3 Å². The summed E-state index contributed by atoms with van der Waals surface area (Å²) in [5.41, 5.74) is 1.40. The van der Waals surface area contributed by atoms with E-state index in [9.17, 15) is 13.6 Å². The van der Waals surface area contributed by atoms with Crippen LogP contribution in [0, 0.1) is 11.6 Å². The van der Waals surface area contributed by atoms with E-state index < -0.39 is 17.7 Å². The Morgan fingerprint density at radius 1 is 1.19 bits per heavy atom. The molecule has 1 aromatic heterocycles. The standard InChI is InChI=1S/C18H14F2N2O4/c19-15-3-1-2-12(17(15)20)10-25-13-6-4-11(5-7-13)16-8-14(26-22-16)9-21-18(23)24/h1-8,21H,9-10H2,(H,23,24). The highest BCUT2D eigenvalue weighted by Gasteiger charge is 2.10. The SMILES string of the molecule is O=C(O)NCc1cc(-c2ccc(OCc3cccc(F)c3F)cc2)no1. The molecule has 3 rings (SSSR count). The van der Waals surface area contributed by atoms with Crippen LogP contribution in [0.3, 0.4) is 0 Å². The number of aromatic nitrogens is 1. The molecule has 3 aromatic rings. The molecule has 134 valence electrons. The molecule has 2 aromatic carbocycles. The van der Waals surface area contributed by atoms with Gasteiger partial charge in [-0.1, -0.05) is 17.3 Å². The van der Waals surface area contributed by atoms with Crippen LogP contribution in [0.4, 0.5) is 13.6 Å². The van der Waals surface area contributed by atoms with E-state index in [0.29, 0.717) is 17.2 Å². The maximum atomic E-state index is 13.6. The summed E-state index contributed by atoms with van der Waals surface area (Å²) in [5, 5.41) is 14.6. The van der Waals surface area contributed by atoms with Crippen molar-refractivity contribution < 1.29 is 27.9 Å². The van der Waals surface area contributed by atoms with E-state index in [2.05, 4.69) is 10.5 Å². The average Bonchev–Trinajstić information content (AvgIpc) is 3.11. The molecular formula is C18H14F2N2O4. The fourth-order valence-electron chi connectivity index (χ4n) is 2.24. The van der Waals surface area contributed by atoms with Gasteiger partial charge in [0.15, 0.2) is 17.4 Å². The fourth-order valence-corrected chi connectivity index (χ4v) is 2.24. The third-order valence-electron chi connectivity index (χ3n) is 3.55. The molecule has 2 N–H and O–H groups in total. The van der Waals surface area contributed by atoms with Crippen LogP contribution >= 0.6 is 0 Å². The van der Waals surface area contributed by atoms with E-state index in [1.807, 2.05) is 0 Å². The molecule has 0 saturated carbocycles. The zero-order chi connectivity index (χ0) is 18.5. The molecule has 8 heteroatoms. The van der Waals surface area contributed by atoms with Crippen LogP contribution in [0.15, 0.2) is 53.1 Å². The van der Waals surface area contributed by atoms with Gasteiger partial charge in [0, 0.05) is 17.2 Å². The largest absolute Gasteiger partial charge is 0.489 e. The zero-order valence-electron chi connectivity index (χ0n) is 13.4. The average molecular weight is 360 g/mol. The lowest BCUT2D eigenvalue weighted by atomic mass is 10.1. The number of rotatable bonds is 6. The number of carbonyl (C=O) groups is 1. The normalized spacial score (nSPS) is 10.5. The number of nitrogens with zero attached hydrogens (tertiary/aromatic N) is 1. The second kappa shape index (κ2) is 7.64. The number of carboxylic acid groups (broad SMARTS) is 1. The van der Waals surface area contributed by atoms with Crippen LogP contribution in [0.2, 0.25) is 0 Å². The van der Waals surface area contributed by atoms with Crippen LogP contribution in [0.1, 0.15) is 11.3 Å². The summed E-state index contributed by atoms with van der Waals surface area (Å²) in [5.74, 6) is -0.979. The summed E-state index contributed by atoms with van der Waals surface area (Å²) in [6.07, 6.45) is -1.15. The summed E-state index contributed by atoms with van der Waals surface area (Å²) in [6, 6.07) is 12.3. The van der Waals surface area contributed by atoms with E-state index in [1.165, 1.54) is 12.1 Å². The number of hydrogen-bond acceptors (Lipinski definition) is 4. The molecule has 0 aliphatic carbocycles. The van der Waals surface area contributed by atoms with Gasteiger partial charge in [0.1, 0.15) is 18.1 Å². The first-order valence-corrected chi connectivity index (χ1v) is 7.61. The monoisotopic (exact) mass is 360 g/mol. The van der Waals surface area contributed by atoms with Crippen molar-refractivity contribution in [2.75, 3.05) is 0 Å². The predicted octanol–water partition coefficient (Wildman–Crippen LogP) is 3.97. The number of benzene rings is 2. The lowest BCUT2D eigenvalue weighted by molar-refractivity contribution is 0.192. The number of nitrogens with one attached hydrogen (secondary N) is 1. The molecule has 0 radical (unpaired) electrons. The fraction of sp³-hybridized carbons (Fsp3) is 0.111. The van der Waals surface area contributed by atoms with E-state index in [-0.39, 0.29) is 18.7 Å². The summed E-state index contributed by atoms with van der Waals surface area (Å²) >= 11 is 0. The van der Waals surface area contributed by atoms with Gasteiger partial charge in [-0.2, -0.15) is 0 Å². The number of ether oxygens (including phenoxy) is 1. The molecule has 0 unspecified atom stereocenters. The predicted molar refractivity (Wildman–Crippen MR) is 87.5 cm³/mol. The third kappa shape index (κ3) is 4.15. The number of halogens is 2. The van der Waals surface area contributed by atoms with Gasteiger partial charge in [-0.3, -0.25) is 0 Å². The molecule has 0 saturated heterocycles. The molecule has 0 aliphatic heterocycles. The topological polar surface area (TPSA) is 84.6 Å². The highest BCUT2D eigenvalue weighted by atomic mass is 19.2. The van der Waals surface area contributed by atoms with Gasteiger partial charge in [-0.15, -0.1) is 0 Å². The van der Waals surface area contributed by atoms with Crippen LogP contribution in [0.5, 0.6) is 5.75 Å². The molecule has 1 heterocycles. The van der Waals surface area contributed by atoms with Crippen LogP contribution in [-0.2, 0) is 13.2 Å². The molecule has 0 atom stereocenters. The third-order valence-corrected chi connectivity index (χ3v) is 3.55. The summed E-state index contributed by atoms with van der Waals surface area (Å²) in [7, 11) is 0. The molecule has 1 amide bonds. The van der Waals surface area contributed by atoms with Crippen LogP contribution in [0.25, 0.3) is 11.3 Å². The minimum Gasteiger partial charge on any atom is -0.489 e. The van der Waals surface area contributed by atoms with Gasteiger partial charge < -0.3 is 19.7 Å². The molecule has 0 aliphatic rings. The van der Waals surface area contributed by atoms with Crippen molar-refractivity contribution in [2.45, 2.75) is 13.2 Å². The summed E-state index contributed by atoms with van der Waals surface area (Å²) in [4.78, 5) is 10.5. The van der Waals surface area contributed by atoms with Gasteiger partial charge >= 0.3 is 6.09 Å². The Labute approximate surface area is 147 Å². The minimum absolute atomic E-state index is 0.0166. The van der Waals surface area contributed by atoms with Gasteiger partial charge in [-0.25, -0.2) is 13.6 Å². The van der Waals surface area contributed by atoms with Crippen molar-refractivity contribution in [3.05, 3.63) is 71.5 Å². The van der Waals surface area contributed by atoms with E-state index in [4.69, 9.17) is 14.4 Å². The van der Waals surface area contributed by atoms with Crippen molar-refractivity contribution in [2.24, 2.45) is 0 Å².